The number of aromatic nitrogens is 3. The second-order valence-corrected chi connectivity index (χ2v) is 8.92. The van der Waals surface area contributed by atoms with Gasteiger partial charge in [-0.1, -0.05) is 23.9 Å². The fourth-order valence-electron chi connectivity index (χ4n) is 3.83. The molecule has 1 amide bonds. The maximum Gasteiger partial charge on any atom is 0.256 e. The number of nitrogens with zero attached hydrogens (tertiary/aromatic N) is 3. The number of carbonyl (C=O) groups is 1. The molecule has 1 N–H and O–H groups in total. The predicted octanol–water partition coefficient (Wildman–Crippen LogP) is 4.65. The highest BCUT2D eigenvalue weighted by Crippen LogP contribution is 2.32. The summed E-state index contributed by atoms with van der Waals surface area (Å²) in [5, 5.41) is 3.73. The van der Waals surface area contributed by atoms with E-state index >= 15 is 0 Å². The summed E-state index contributed by atoms with van der Waals surface area (Å²) in [5.74, 6) is -1.93. The monoisotopic (exact) mass is 478 g/mol. The summed E-state index contributed by atoms with van der Waals surface area (Å²) < 4.78 is 30.3. The Balaban J connectivity index is 1.78. The molecule has 2 aromatic carbocycles. The van der Waals surface area contributed by atoms with E-state index in [0.717, 1.165) is 35.1 Å². The molecule has 0 atom stereocenters. The normalized spacial score (nSPS) is 13.3. The number of para-hydroxylation sites is 1. The topological polar surface area (TPSA) is 76.9 Å². The summed E-state index contributed by atoms with van der Waals surface area (Å²) in [4.78, 5) is 34.6. The molecule has 6 nitrogen and oxygen atoms in total. The standard InChI is InChI=1S/C25H20F2N4O2S/c1-13-6-7-14(24(33)28-15-8-9-15)12-17(13)21-16-10-11-20(32)31(23(16)30-25(29-21)34-2)22-18(26)4-3-5-19(22)27/h3-7,10-12,15H,8-9H2,1-2H3,(H,28,33). The van der Waals surface area contributed by atoms with Gasteiger partial charge in [0, 0.05) is 28.6 Å². The molecule has 4 aromatic rings. The molecule has 34 heavy (non-hydrogen) atoms. The van der Waals surface area contributed by atoms with E-state index in [1.807, 2.05) is 13.0 Å². The molecule has 172 valence electrons. The zero-order valence-electron chi connectivity index (χ0n) is 18.4. The smallest absolute Gasteiger partial charge is 0.256 e. The van der Waals surface area contributed by atoms with Crippen LogP contribution in [-0.4, -0.2) is 32.7 Å². The Labute approximate surface area is 198 Å². The molecule has 2 aromatic heterocycles. The molecule has 1 aliphatic rings. The number of benzene rings is 2. The van der Waals surface area contributed by atoms with Crippen LogP contribution in [0.15, 0.2) is 58.5 Å². The van der Waals surface area contributed by atoms with Gasteiger partial charge in [0.25, 0.3) is 11.5 Å². The number of hydrogen-bond acceptors (Lipinski definition) is 5. The van der Waals surface area contributed by atoms with Crippen LogP contribution in [0.4, 0.5) is 8.78 Å². The highest BCUT2D eigenvalue weighted by Gasteiger charge is 2.25. The van der Waals surface area contributed by atoms with E-state index in [-0.39, 0.29) is 17.6 Å². The Morgan fingerprint density at radius 1 is 1.09 bits per heavy atom. The molecule has 1 aliphatic carbocycles. The lowest BCUT2D eigenvalue weighted by Crippen LogP contribution is -2.25. The number of hydrogen-bond donors (Lipinski definition) is 1. The van der Waals surface area contributed by atoms with Gasteiger partial charge in [-0.3, -0.25) is 14.2 Å². The molecular formula is C25H20F2N4O2S. The summed E-state index contributed by atoms with van der Waals surface area (Å²) in [5.41, 5.74) is 1.44. The lowest BCUT2D eigenvalue weighted by atomic mass is 9.99. The predicted molar refractivity (Wildman–Crippen MR) is 127 cm³/mol. The van der Waals surface area contributed by atoms with Crippen LogP contribution < -0.4 is 10.9 Å². The van der Waals surface area contributed by atoms with Gasteiger partial charge in [-0.15, -0.1) is 0 Å². The van der Waals surface area contributed by atoms with E-state index in [1.165, 1.54) is 23.9 Å². The Bertz CT molecular complexity index is 1500. The van der Waals surface area contributed by atoms with Crippen LogP contribution in [0.25, 0.3) is 28.0 Å². The average molecular weight is 479 g/mol. The minimum absolute atomic E-state index is 0.0816. The van der Waals surface area contributed by atoms with Crippen LogP contribution in [0.2, 0.25) is 0 Å². The molecule has 0 saturated heterocycles. The van der Waals surface area contributed by atoms with Crippen LogP contribution in [0, 0.1) is 18.6 Å². The number of aryl methyl sites for hydroxylation is 1. The highest BCUT2D eigenvalue weighted by molar-refractivity contribution is 7.98. The number of halogens is 2. The van der Waals surface area contributed by atoms with E-state index in [4.69, 9.17) is 0 Å². The molecule has 9 heteroatoms. The third-order valence-corrected chi connectivity index (χ3v) is 6.29. The van der Waals surface area contributed by atoms with Crippen molar-refractivity contribution in [3.8, 4) is 16.9 Å². The maximum atomic E-state index is 14.7. The number of carbonyl (C=O) groups excluding carboxylic acids is 1. The third kappa shape index (κ3) is 3.96. The molecule has 0 aliphatic heterocycles. The Morgan fingerprint density at radius 2 is 1.82 bits per heavy atom. The van der Waals surface area contributed by atoms with Crippen molar-refractivity contribution in [2.75, 3.05) is 6.26 Å². The number of pyridine rings is 1. The van der Waals surface area contributed by atoms with Crippen molar-refractivity contribution in [2.45, 2.75) is 31.0 Å². The molecule has 0 radical (unpaired) electrons. The van der Waals surface area contributed by atoms with Crippen molar-refractivity contribution in [3.63, 3.8) is 0 Å². The summed E-state index contributed by atoms with van der Waals surface area (Å²) in [6.07, 6.45) is 3.72. The van der Waals surface area contributed by atoms with Crippen LogP contribution in [0.1, 0.15) is 28.8 Å². The first-order valence-electron chi connectivity index (χ1n) is 10.7. The van der Waals surface area contributed by atoms with Crippen LogP contribution in [0.5, 0.6) is 0 Å². The molecular weight excluding hydrogens is 458 g/mol. The first-order valence-corrected chi connectivity index (χ1v) is 11.9. The first kappa shape index (κ1) is 22.2. The summed E-state index contributed by atoms with van der Waals surface area (Å²) in [6.45, 7) is 1.89. The lowest BCUT2D eigenvalue weighted by Gasteiger charge is -2.15. The van der Waals surface area contributed by atoms with E-state index < -0.39 is 22.9 Å². The number of amides is 1. The second kappa shape index (κ2) is 8.64. The molecule has 1 saturated carbocycles. The largest absolute Gasteiger partial charge is 0.349 e. The van der Waals surface area contributed by atoms with Gasteiger partial charge in [0.15, 0.2) is 10.8 Å². The molecule has 2 heterocycles. The molecule has 0 unspecified atom stereocenters. The second-order valence-electron chi connectivity index (χ2n) is 8.15. The van der Waals surface area contributed by atoms with Crippen molar-refractivity contribution in [2.24, 2.45) is 0 Å². The van der Waals surface area contributed by atoms with Gasteiger partial charge in [0.2, 0.25) is 0 Å². The van der Waals surface area contributed by atoms with Crippen LogP contribution in [-0.2, 0) is 0 Å². The van der Waals surface area contributed by atoms with Crippen molar-refractivity contribution in [3.05, 3.63) is 81.6 Å². The Hall–Kier alpha value is -3.59. The van der Waals surface area contributed by atoms with Gasteiger partial charge in [-0.05, 0) is 61.9 Å². The minimum Gasteiger partial charge on any atom is -0.349 e. The fourth-order valence-corrected chi connectivity index (χ4v) is 4.19. The van der Waals surface area contributed by atoms with Gasteiger partial charge >= 0.3 is 0 Å². The van der Waals surface area contributed by atoms with Gasteiger partial charge in [0.1, 0.15) is 17.3 Å². The molecule has 5 rings (SSSR count). The minimum atomic E-state index is -0.879. The van der Waals surface area contributed by atoms with Crippen molar-refractivity contribution in [1.82, 2.24) is 19.9 Å². The maximum absolute atomic E-state index is 14.7. The van der Waals surface area contributed by atoms with Gasteiger partial charge < -0.3 is 5.32 Å². The zero-order valence-corrected chi connectivity index (χ0v) is 19.2. The van der Waals surface area contributed by atoms with Gasteiger partial charge in [-0.25, -0.2) is 18.7 Å². The fraction of sp³-hybridized carbons (Fsp3) is 0.200. The lowest BCUT2D eigenvalue weighted by molar-refractivity contribution is 0.0951. The SMILES string of the molecule is CSc1nc(-c2cc(C(=O)NC3CC3)ccc2C)c2ccc(=O)n(-c3c(F)cccc3F)c2n1. The van der Waals surface area contributed by atoms with E-state index in [0.29, 0.717) is 27.4 Å². The molecule has 1 fully saturated rings. The van der Waals surface area contributed by atoms with Gasteiger partial charge in [-0.2, -0.15) is 0 Å². The van der Waals surface area contributed by atoms with Crippen LogP contribution in [0.3, 0.4) is 0 Å². The van der Waals surface area contributed by atoms with Gasteiger partial charge in [0.05, 0.1) is 5.69 Å². The van der Waals surface area contributed by atoms with E-state index in [9.17, 15) is 18.4 Å². The third-order valence-electron chi connectivity index (χ3n) is 5.74. The summed E-state index contributed by atoms with van der Waals surface area (Å²) in [7, 11) is 0. The van der Waals surface area contributed by atoms with Crippen molar-refractivity contribution in [1.29, 1.82) is 0 Å². The zero-order chi connectivity index (χ0) is 24.0. The van der Waals surface area contributed by atoms with Crippen molar-refractivity contribution < 1.29 is 13.6 Å². The molecule has 0 bridgehead atoms. The van der Waals surface area contributed by atoms with Crippen LogP contribution >= 0.6 is 11.8 Å². The number of thioether (sulfide) groups is 1. The number of rotatable bonds is 5. The Morgan fingerprint density at radius 3 is 2.50 bits per heavy atom. The highest BCUT2D eigenvalue weighted by atomic mass is 32.2. The number of fused-ring (bicyclic) bond motifs is 1. The van der Waals surface area contributed by atoms with E-state index in [1.54, 1.807) is 24.5 Å². The van der Waals surface area contributed by atoms with Crippen molar-refractivity contribution >= 4 is 28.7 Å². The van der Waals surface area contributed by atoms with E-state index in [2.05, 4.69) is 15.3 Å². The quantitative estimate of drug-likeness (QED) is 0.334. The first-order chi connectivity index (χ1) is 16.4. The summed E-state index contributed by atoms with van der Waals surface area (Å²) >= 11 is 1.24. The average Bonchev–Trinajstić information content (AvgIpc) is 3.63. The summed E-state index contributed by atoms with van der Waals surface area (Å²) in [6, 6.07) is 11.7. The molecule has 0 spiro atoms. The Kier molecular flexibility index (Phi) is 5.65. The number of nitrogens with one attached hydrogen (secondary N) is 1.